The van der Waals surface area contributed by atoms with Crippen LogP contribution in [0.4, 0.5) is 5.69 Å². The van der Waals surface area contributed by atoms with Gasteiger partial charge in [-0.25, -0.2) is 4.21 Å². The van der Waals surface area contributed by atoms with E-state index in [1.165, 1.54) is 0 Å². The first kappa shape index (κ1) is 15.3. The second-order valence-corrected chi connectivity index (χ2v) is 5.94. The lowest BCUT2D eigenvalue weighted by Crippen LogP contribution is -1.88. The quantitative estimate of drug-likeness (QED) is 0.554. The molecule has 3 aromatic carbocycles. The zero-order chi connectivity index (χ0) is 16.2. The summed E-state index contributed by atoms with van der Waals surface area (Å²) in [5.74, 6) is 1.45. The number of nitrogens with two attached hydrogens (primary N) is 1. The van der Waals surface area contributed by atoms with E-state index in [2.05, 4.69) is 0 Å². The molecule has 116 valence electrons. The predicted octanol–water partition coefficient (Wildman–Crippen LogP) is 4.31. The van der Waals surface area contributed by atoms with E-state index in [4.69, 9.17) is 15.0 Å². The average molecular weight is 325 g/mol. The standard InChI is InChI=1S/C18H15NO3S/c19-15-5-9-17(10-6-15)22-16-7-1-13(2-8-16)14-3-11-18(12-4-14)23(20)21/h1-12H,19H2,(H,20,21). The topological polar surface area (TPSA) is 72.5 Å². The molecule has 1 atom stereocenters. The molecule has 23 heavy (non-hydrogen) atoms. The molecular formula is C18H15NO3S. The summed E-state index contributed by atoms with van der Waals surface area (Å²) in [4.78, 5) is 0.386. The molecule has 3 aromatic rings. The zero-order valence-electron chi connectivity index (χ0n) is 12.2. The molecule has 0 heterocycles. The Bertz CT molecular complexity index is 812. The van der Waals surface area contributed by atoms with E-state index in [-0.39, 0.29) is 0 Å². The van der Waals surface area contributed by atoms with E-state index in [0.717, 1.165) is 22.6 Å². The third kappa shape index (κ3) is 3.77. The minimum absolute atomic E-state index is 0.386. The van der Waals surface area contributed by atoms with Crippen molar-refractivity contribution in [1.82, 2.24) is 0 Å². The Morgan fingerprint density at radius 3 is 1.65 bits per heavy atom. The normalized spacial score (nSPS) is 11.9. The summed E-state index contributed by atoms with van der Waals surface area (Å²) in [5.41, 5.74) is 8.31. The zero-order valence-corrected chi connectivity index (χ0v) is 13.0. The van der Waals surface area contributed by atoms with E-state index in [0.29, 0.717) is 10.6 Å². The molecule has 0 aliphatic heterocycles. The van der Waals surface area contributed by atoms with Crippen molar-refractivity contribution in [3.63, 3.8) is 0 Å². The van der Waals surface area contributed by atoms with Crippen molar-refractivity contribution < 1.29 is 13.5 Å². The van der Waals surface area contributed by atoms with Crippen LogP contribution in [0.3, 0.4) is 0 Å². The van der Waals surface area contributed by atoms with E-state index < -0.39 is 11.1 Å². The molecule has 4 nitrogen and oxygen atoms in total. The minimum Gasteiger partial charge on any atom is -0.457 e. The molecule has 1 unspecified atom stereocenters. The van der Waals surface area contributed by atoms with Gasteiger partial charge in [-0.1, -0.05) is 24.3 Å². The van der Waals surface area contributed by atoms with Gasteiger partial charge in [-0.3, -0.25) is 0 Å². The van der Waals surface area contributed by atoms with E-state index in [1.807, 2.05) is 48.5 Å². The number of hydrogen-bond acceptors (Lipinski definition) is 3. The van der Waals surface area contributed by atoms with Gasteiger partial charge in [0.2, 0.25) is 0 Å². The Labute approximate surface area is 136 Å². The molecule has 0 radical (unpaired) electrons. The SMILES string of the molecule is Nc1ccc(Oc2ccc(-c3ccc(S(=O)O)cc3)cc2)cc1. The summed E-state index contributed by atoms with van der Waals surface area (Å²) in [6.07, 6.45) is 0. The maximum Gasteiger partial charge on any atom is 0.186 e. The van der Waals surface area contributed by atoms with Crippen LogP contribution in [0.15, 0.2) is 77.7 Å². The van der Waals surface area contributed by atoms with E-state index >= 15 is 0 Å². The highest BCUT2D eigenvalue weighted by Crippen LogP contribution is 2.26. The maximum absolute atomic E-state index is 11.0. The summed E-state index contributed by atoms with van der Waals surface area (Å²) in [7, 11) is 0. The summed E-state index contributed by atoms with van der Waals surface area (Å²) < 4.78 is 25.7. The molecule has 0 fully saturated rings. The van der Waals surface area contributed by atoms with Crippen molar-refractivity contribution in [2.45, 2.75) is 4.90 Å². The van der Waals surface area contributed by atoms with Gasteiger partial charge in [0.1, 0.15) is 11.5 Å². The van der Waals surface area contributed by atoms with Crippen molar-refractivity contribution >= 4 is 16.8 Å². The van der Waals surface area contributed by atoms with Gasteiger partial charge >= 0.3 is 0 Å². The largest absolute Gasteiger partial charge is 0.457 e. The Morgan fingerprint density at radius 2 is 1.17 bits per heavy atom. The molecular weight excluding hydrogens is 310 g/mol. The summed E-state index contributed by atoms with van der Waals surface area (Å²) >= 11 is -1.95. The van der Waals surface area contributed by atoms with Crippen molar-refractivity contribution in [2.24, 2.45) is 0 Å². The van der Waals surface area contributed by atoms with Crippen LogP contribution in [0.25, 0.3) is 11.1 Å². The molecule has 0 bridgehead atoms. The highest BCUT2D eigenvalue weighted by molar-refractivity contribution is 7.79. The van der Waals surface area contributed by atoms with Crippen LogP contribution in [-0.4, -0.2) is 8.76 Å². The smallest absolute Gasteiger partial charge is 0.186 e. The van der Waals surface area contributed by atoms with E-state index in [9.17, 15) is 4.21 Å². The fraction of sp³-hybridized carbons (Fsp3) is 0. The first-order valence-corrected chi connectivity index (χ1v) is 8.07. The number of rotatable bonds is 4. The van der Waals surface area contributed by atoms with Gasteiger partial charge in [-0.05, 0) is 59.7 Å². The highest BCUT2D eigenvalue weighted by atomic mass is 32.2. The van der Waals surface area contributed by atoms with Crippen LogP contribution >= 0.6 is 0 Å². The first-order valence-electron chi connectivity index (χ1n) is 6.96. The van der Waals surface area contributed by atoms with Crippen molar-refractivity contribution in [3.05, 3.63) is 72.8 Å². The molecule has 5 heteroatoms. The number of nitrogen functional groups attached to an aromatic ring is 1. The lowest BCUT2D eigenvalue weighted by Gasteiger charge is -2.07. The summed E-state index contributed by atoms with van der Waals surface area (Å²) in [6, 6.07) is 21.8. The molecule has 0 aliphatic rings. The second-order valence-electron chi connectivity index (χ2n) is 4.97. The fourth-order valence-corrected chi connectivity index (χ4v) is 2.52. The molecule has 0 saturated carbocycles. The molecule has 0 spiro atoms. The van der Waals surface area contributed by atoms with Gasteiger partial charge in [-0.2, -0.15) is 0 Å². The molecule has 0 saturated heterocycles. The maximum atomic E-state index is 11.0. The molecule has 3 rings (SSSR count). The predicted molar refractivity (Wildman–Crippen MR) is 91.8 cm³/mol. The Kier molecular flexibility index (Phi) is 4.41. The van der Waals surface area contributed by atoms with Gasteiger partial charge in [0.25, 0.3) is 0 Å². The first-order chi connectivity index (χ1) is 11.1. The number of hydrogen-bond donors (Lipinski definition) is 2. The summed E-state index contributed by atoms with van der Waals surface area (Å²) in [6.45, 7) is 0. The second kappa shape index (κ2) is 6.64. The van der Waals surface area contributed by atoms with Gasteiger partial charge in [0.05, 0.1) is 4.90 Å². The average Bonchev–Trinajstić information content (AvgIpc) is 2.58. The minimum atomic E-state index is -1.95. The highest BCUT2D eigenvalue weighted by Gasteiger charge is 2.03. The van der Waals surface area contributed by atoms with Crippen LogP contribution in [0.5, 0.6) is 11.5 Å². The van der Waals surface area contributed by atoms with Crippen LogP contribution in [0.2, 0.25) is 0 Å². The third-order valence-electron chi connectivity index (χ3n) is 3.36. The third-order valence-corrected chi connectivity index (χ3v) is 4.03. The van der Waals surface area contributed by atoms with Crippen LogP contribution in [0, 0.1) is 0 Å². The lowest BCUT2D eigenvalue weighted by atomic mass is 10.1. The van der Waals surface area contributed by atoms with Gasteiger partial charge in [-0.15, -0.1) is 0 Å². The van der Waals surface area contributed by atoms with Crippen molar-refractivity contribution in [3.8, 4) is 22.6 Å². The Hall–Kier alpha value is -2.63. The van der Waals surface area contributed by atoms with Gasteiger partial charge in [0, 0.05) is 5.69 Å². The van der Waals surface area contributed by atoms with Crippen LogP contribution in [-0.2, 0) is 11.1 Å². The molecule has 0 aromatic heterocycles. The Balaban J connectivity index is 1.76. The van der Waals surface area contributed by atoms with Gasteiger partial charge < -0.3 is 15.0 Å². The lowest BCUT2D eigenvalue weighted by molar-refractivity contribution is 0.483. The summed E-state index contributed by atoms with van der Waals surface area (Å²) in [5, 5.41) is 0. The molecule has 3 N–H and O–H groups in total. The van der Waals surface area contributed by atoms with E-state index in [1.54, 1.807) is 24.3 Å². The van der Waals surface area contributed by atoms with Crippen LogP contribution < -0.4 is 10.5 Å². The Morgan fingerprint density at radius 1 is 0.739 bits per heavy atom. The van der Waals surface area contributed by atoms with Crippen molar-refractivity contribution in [2.75, 3.05) is 5.73 Å². The van der Waals surface area contributed by atoms with Gasteiger partial charge in [0.15, 0.2) is 11.1 Å². The monoisotopic (exact) mass is 325 g/mol. The fourth-order valence-electron chi connectivity index (χ4n) is 2.15. The van der Waals surface area contributed by atoms with Crippen LogP contribution in [0.1, 0.15) is 0 Å². The molecule has 0 aliphatic carbocycles. The molecule has 0 amide bonds. The number of ether oxygens (including phenoxy) is 1. The number of benzene rings is 3. The van der Waals surface area contributed by atoms with Crippen molar-refractivity contribution in [1.29, 1.82) is 0 Å². The number of anilines is 1.